The fraction of sp³-hybridized carbons (Fsp3) is 0.368. The van der Waals surface area contributed by atoms with Gasteiger partial charge in [-0.25, -0.2) is 0 Å². The number of hydrogen-bond donors (Lipinski definition) is 1. The predicted octanol–water partition coefficient (Wildman–Crippen LogP) is 3.96. The Bertz CT molecular complexity index is 814. The Balaban J connectivity index is 1.67. The molecule has 0 radical (unpaired) electrons. The molecule has 2 N–H and O–H groups in total. The monoisotopic (exact) mass is 365 g/mol. The largest absolute Gasteiger partial charge is 0.457 e. The highest BCUT2D eigenvalue weighted by Crippen LogP contribution is 2.37. The number of anilines is 1. The summed E-state index contributed by atoms with van der Waals surface area (Å²) in [5, 5.41) is 0. The van der Waals surface area contributed by atoms with Crippen LogP contribution in [0.4, 0.5) is 18.9 Å². The summed E-state index contributed by atoms with van der Waals surface area (Å²) in [6.45, 7) is 1.36. The first kappa shape index (κ1) is 17.2. The van der Waals surface area contributed by atoms with Gasteiger partial charge in [-0.3, -0.25) is 0 Å². The van der Waals surface area contributed by atoms with Crippen LogP contribution in [0.15, 0.2) is 36.4 Å². The van der Waals surface area contributed by atoms with Crippen molar-refractivity contribution in [1.82, 2.24) is 0 Å². The van der Waals surface area contributed by atoms with Gasteiger partial charge in [0, 0.05) is 24.1 Å². The minimum atomic E-state index is -4.42. The van der Waals surface area contributed by atoms with Crippen LogP contribution in [0, 0.1) is 0 Å². The van der Waals surface area contributed by atoms with Crippen molar-refractivity contribution in [2.75, 3.05) is 18.9 Å². The van der Waals surface area contributed by atoms with Crippen LogP contribution in [-0.4, -0.2) is 25.4 Å². The van der Waals surface area contributed by atoms with Crippen molar-refractivity contribution in [3.05, 3.63) is 53.1 Å². The zero-order valence-electron chi connectivity index (χ0n) is 13.9. The van der Waals surface area contributed by atoms with Gasteiger partial charge in [-0.15, -0.1) is 0 Å². The Morgan fingerprint density at radius 1 is 1.00 bits per heavy atom. The minimum Gasteiger partial charge on any atom is -0.457 e. The predicted molar refractivity (Wildman–Crippen MR) is 89.3 cm³/mol. The number of benzene rings is 2. The molecule has 4 nitrogen and oxygen atoms in total. The van der Waals surface area contributed by atoms with Crippen molar-refractivity contribution in [2.24, 2.45) is 0 Å². The summed E-state index contributed by atoms with van der Waals surface area (Å²) in [6.07, 6.45) is -2.91. The lowest BCUT2D eigenvalue weighted by molar-refractivity contribution is -0.137. The van der Waals surface area contributed by atoms with Crippen LogP contribution >= 0.6 is 0 Å². The number of epoxide rings is 2. The summed E-state index contributed by atoms with van der Waals surface area (Å²) in [5.41, 5.74) is 7.82. The molecular weight excluding hydrogens is 347 g/mol. The number of alkyl halides is 3. The van der Waals surface area contributed by atoms with E-state index in [1.807, 2.05) is 0 Å². The molecule has 0 amide bonds. The molecule has 138 valence electrons. The first-order chi connectivity index (χ1) is 12.4. The molecule has 26 heavy (non-hydrogen) atoms. The van der Waals surface area contributed by atoms with Gasteiger partial charge in [0.1, 0.15) is 11.5 Å². The number of hydrogen-bond acceptors (Lipinski definition) is 4. The summed E-state index contributed by atoms with van der Waals surface area (Å²) in [5.74, 6) is 0.640. The fourth-order valence-corrected chi connectivity index (χ4v) is 2.94. The smallest absolute Gasteiger partial charge is 0.416 e. The Hall–Kier alpha value is -2.25. The SMILES string of the molecule is Nc1ccc(Oc2cccc(C(F)(F)F)c2)c(CC2CO2)c1CC1CO1. The maximum Gasteiger partial charge on any atom is 0.416 e. The molecule has 4 rings (SSSR count). The molecule has 2 heterocycles. The maximum absolute atomic E-state index is 12.9. The highest BCUT2D eigenvalue weighted by molar-refractivity contribution is 5.58. The van der Waals surface area contributed by atoms with E-state index < -0.39 is 11.7 Å². The fourth-order valence-electron chi connectivity index (χ4n) is 2.94. The average molecular weight is 365 g/mol. The van der Waals surface area contributed by atoms with Crippen molar-refractivity contribution < 1.29 is 27.4 Å². The molecule has 2 fully saturated rings. The molecule has 2 aliphatic rings. The highest BCUT2D eigenvalue weighted by Gasteiger charge is 2.32. The van der Waals surface area contributed by atoms with Gasteiger partial charge < -0.3 is 19.9 Å². The summed E-state index contributed by atoms with van der Waals surface area (Å²) >= 11 is 0. The third-order valence-corrected chi connectivity index (χ3v) is 4.48. The van der Waals surface area contributed by atoms with E-state index in [1.165, 1.54) is 12.1 Å². The second-order valence-corrected chi connectivity index (χ2v) is 6.56. The van der Waals surface area contributed by atoms with E-state index in [2.05, 4.69) is 0 Å². The number of ether oxygens (including phenoxy) is 3. The van der Waals surface area contributed by atoms with Crippen LogP contribution in [0.3, 0.4) is 0 Å². The lowest BCUT2D eigenvalue weighted by Crippen LogP contribution is -2.08. The van der Waals surface area contributed by atoms with Crippen molar-refractivity contribution in [3.63, 3.8) is 0 Å². The molecule has 0 saturated carbocycles. The van der Waals surface area contributed by atoms with E-state index >= 15 is 0 Å². The summed E-state index contributed by atoms with van der Waals surface area (Å²) in [6, 6.07) is 8.27. The van der Waals surface area contributed by atoms with Crippen LogP contribution < -0.4 is 10.5 Å². The molecule has 0 bridgehead atoms. The highest BCUT2D eigenvalue weighted by atomic mass is 19.4. The quantitative estimate of drug-likeness (QED) is 0.622. The molecule has 0 aromatic heterocycles. The van der Waals surface area contributed by atoms with Gasteiger partial charge in [-0.2, -0.15) is 13.2 Å². The number of halogens is 3. The van der Waals surface area contributed by atoms with Gasteiger partial charge in [-0.05, 0) is 35.9 Å². The molecule has 2 unspecified atom stereocenters. The molecule has 2 aromatic carbocycles. The van der Waals surface area contributed by atoms with Crippen LogP contribution in [-0.2, 0) is 28.5 Å². The molecule has 2 saturated heterocycles. The third kappa shape index (κ3) is 3.94. The van der Waals surface area contributed by atoms with Gasteiger partial charge in [0.05, 0.1) is 31.0 Å². The number of nitrogen functional groups attached to an aromatic ring is 1. The first-order valence-electron chi connectivity index (χ1n) is 8.38. The topological polar surface area (TPSA) is 60.3 Å². The van der Waals surface area contributed by atoms with Crippen molar-refractivity contribution in [1.29, 1.82) is 0 Å². The van der Waals surface area contributed by atoms with Crippen LogP contribution in [0.2, 0.25) is 0 Å². The third-order valence-electron chi connectivity index (χ3n) is 4.48. The van der Waals surface area contributed by atoms with Gasteiger partial charge in [0.25, 0.3) is 0 Å². The first-order valence-corrected chi connectivity index (χ1v) is 8.38. The Labute approximate surface area is 148 Å². The lowest BCUT2D eigenvalue weighted by Gasteiger charge is -2.17. The number of nitrogens with two attached hydrogens (primary N) is 1. The van der Waals surface area contributed by atoms with Crippen LogP contribution in [0.1, 0.15) is 16.7 Å². The second kappa shape index (κ2) is 6.48. The van der Waals surface area contributed by atoms with Gasteiger partial charge in [-0.1, -0.05) is 6.07 Å². The van der Waals surface area contributed by atoms with Crippen molar-refractivity contribution >= 4 is 5.69 Å². The standard InChI is InChI=1S/C19H18F3NO3/c20-19(21,22)11-2-1-3-12(6-11)26-18-5-4-17(23)15(7-13-9-24-13)16(18)8-14-10-25-14/h1-6,13-14H,7-10,23H2. The second-order valence-electron chi connectivity index (χ2n) is 6.56. The molecule has 7 heteroatoms. The summed E-state index contributed by atoms with van der Waals surface area (Å²) in [4.78, 5) is 0. The average Bonchev–Trinajstić information content (AvgIpc) is 3.48. The van der Waals surface area contributed by atoms with Crippen molar-refractivity contribution in [3.8, 4) is 11.5 Å². The number of rotatable bonds is 6. The lowest BCUT2D eigenvalue weighted by atomic mass is 9.96. The molecular formula is C19H18F3NO3. The summed E-state index contributed by atoms with van der Waals surface area (Å²) < 4.78 is 55.2. The molecule has 0 aliphatic carbocycles. The van der Waals surface area contributed by atoms with E-state index in [4.69, 9.17) is 19.9 Å². The minimum absolute atomic E-state index is 0.0968. The van der Waals surface area contributed by atoms with Crippen LogP contribution in [0.25, 0.3) is 0 Å². The molecule has 2 aliphatic heterocycles. The van der Waals surface area contributed by atoms with E-state index in [0.29, 0.717) is 37.5 Å². The zero-order valence-corrected chi connectivity index (χ0v) is 13.9. The van der Waals surface area contributed by atoms with E-state index in [0.717, 1.165) is 23.3 Å². The Kier molecular flexibility index (Phi) is 4.28. The van der Waals surface area contributed by atoms with E-state index in [9.17, 15) is 13.2 Å². The van der Waals surface area contributed by atoms with E-state index in [-0.39, 0.29) is 18.0 Å². The van der Waals surface area contributed by atoms with Gasteiger partial charge in [0.2, 0.25) is 0 Å². The van der Waals surface area contributed by atoms with Crippen molar-refractivity contribution in [2.45, 2.75) is 31.2 Å². The Morgan fingerprint density at radius 3 is 2.27 bits per heavy atom. The van der Waals surface area contributed by atoms with Gasteiger partial charge in [0.15, 0.2) is 0 Å². The van der Waals surface area contributed by atoms with Gasteiger partial charge >= 0.3 is 6.18 Å². The Morgan fingerprint density at radius 2 is 1.65 bits per heavy atom. The molecule has 0 spiro atoms. The maximum atomic E-state index is 12.9. The zero-order chi connectivity index (χ0) is 18.3. The van der Waals surface area contributed by atoms with E-state index in [1.54, 1.807) is 12.1 Å². The molecule has 2 atom stereocenters. The normalized spacial score (nSPS) is 21.5. The molecule has 2 aromatic rings. The van der Waals surface area contributed by atoms with Crippen LogP contribution in [0.5, 0.6) is 11.5 Å². The summed E-state index contributed by atoms with van der Waals surface area (Å²) in [7, 11) is 0.